The van der Waals surface area contributed by atoms with Gasteiger partial charge < -0.3 is 15.5 Å². The number of hydrogen-bond acceptors (Lipinski definition) is 3. The van der Waals surface area contributed by atoms with Gasteiger partial charge in [-0.15, -0.1) is 0 Å². The molecule has 4 nitrogen and oxygen atoms in total. The van der Waals surface area contributed by atoms with Gasteiger partial charge in [-0.25, -0.2) is 0 Å². The first-order valence-corrected chi connectivity index (χ1v) is 16.4. The van der Waals surface area contributed by atoms with Gasteiger partial charge in [0.1, 0.15) is 0 Å². The van der Waals surface area contributed by atoms with E-state index in [1.165, 1.54) is 77.0 Å². The number of carbonyl (C=O) groups is 1. The van der Waals surface area contributed by atoms with E-state index in [4.69, 9.17) is 0 Å². The monoisotopic (exact) mass is 545 g/mol. The van der Waals surface area contributed by atoms with E-state index in [2.05, 4.69) is 55.6 Å². The lowest BCUT2D eigenvalue weighted by Crippen LogP contribution is -2.45. The lowest BCUT2D eigenvalue weighted by molar-refractivity contribution is -0.123. The summed E-state index contributed by atoms with van der Waals surface area (Å²) in [7, 11) is 0. The van der Waals surface area contributed by atoms with Crippen molar-refractivity contribution in [3.05, 3.63) is 48.6 Å². The number of hydrogen-bond donors (Lipinski definition) is 3. The lowest BCUT2D eigenvalue weighted by atomic mass is 10.1. The Bertz CT molecular complexity index is 638. The molecule has 2 atom stereocenters. The third-order valence-electron chi connectivity index (χ3n) is 7.01. The maximum absolute atomic E-state index is 12.2. The van der Waals surface area contributed by atoms with E-state index in [1.54, 1.807) is 6.08 Å². The fraction of sp³-hybridized carbons (Fsp3) is 0.743. The smallest absolute Gasteiger partial charge is 0.220 e. The Morgan fingerprint density at radius 3 is 1.56 bits per heavy atom. The summed E-state index contributed by atoms with van der Waals surface area (Å²) in [6, 6.07) is -0.648. The van der Waals surface area contributed by atoms with Crippen LogP contribution in [-0.4, -0.2) is 34.9 Å². The summed E-state index contributed by atoms with van der Waals surface area (Å²) in [4.78, 5) is 12.2. The number of allylic oxidation sites excluding steroid dienone is 7. The van der Waals surface area contributed by atoms with Gasteiger partial charge in [-0.3, -0.25) is 4.79 Å². The Hall–Kier alpha value is -1.65. The SMILES string of the molecule is CCCC/C=C\CCCCCCC(=O)NC(CO)C(O)/C=C/CC/C=C/CC/C=C/CCCCCCCCC. The highest BCUT2D eigenvalue weighted by Gasteiger charge is 2.17. The molecule has 0 rings (SSSR count). The van der Waals surface area contributed by atoms with E-state index in [0.29, 0.717) is 6.42 Å². The summed E-state index contributed by atoms with van der Waals surface area (Å²) in [6.07, 6.45) is 40.4. The van der Waals surface area contributed by atoms with Crippen LogP contribution < -0.4 is 5.32 Å². The van der Waals surface area contributed by atoms with E-state index in [0.717, 1.165) is 51.4 Å². The molecule has 0 aliphatic carbocycles. The number of unbranched alkanes of at least 4 members (excludes halogenated alkanes) is 15. The van der Waals surface area contributed by atoms with Gasteiger partial charge in [0, 0.05) is 6.42 Å². The van der Waals surface area contributed by atoms with Gasteiger partial charge in [0.2, 0.25) is 5.91 Å². The molecule has 0 bridgehead atoms. The van der Waals surface area contributed by atoms with Crippen LogP contribution in [0.2, 0.25) is 0 Å². The second kappa shape index (κ2) is 30.9. The van der Waals surface area contributed by atoms with Crippen molar-refractivity contribution in [2.75, 3.05) is 6.61 Å². The van der Waals surface area contributed by atoms with Crippen molar-refractivity contribution in [1.29, 1.82) is 0 Å². The van der Waals surface area contributed by atoms with Crippen molar-refractivity contribution in [1.82, 2.24) is 5.32 Å². The van der Waals surface area contributed by atoms with Crippen LogP contribution >= 0.6 is 0 Å². The minimum atomic E-state index is -0.871. The molecule has 0 aliphatic rings. The first kappa shape index (κ1) is 37.4. The summed E-state index contributed by atoms with van der Waals surface area (Å²) in [6.45, 7) is 4.21. The third-order valence-corrected chi connectivity index (χ3v) is 7.01. The highest BCUT2D eigenvalue weighted by atomic mass is 16.3. The van der Waals surface area contributed by atoms with Crippen LogP contribution in [-0.2, 0) is 4.79 Å². The zero-order valence-electron chi connectivity index (χ0n) is 25.6. The normalized spacial score (nSPS) is 13.8. The molecule has 0 aromatic rings. The van der Waals surface area contributed by atoms with Crippen molar-refractivity contribution in [3.63, 3.8) is 0 Å². The molecule has 0 radical (unpaired) electrons. The average molecular weight is 546 g/mol. The number of aliphatic hydroxyl groups excluding tert-OH is 2. The van der Waals surface area contributed by atoms with Crippen molar-refractivity contribution in [2.24, 2.45) is 0 Å². The largest absolute Gasteiger partial charge is 0.394 e. The molecule has 0 heterocycles. The first-order valence-electron chi connectivity index (χ1n) is 16.4. The van der Waals surface area contributed by atoms with Gasteiger partial charge in [0.15, 0.2) is 0 Å². The second-order valence-electron chi connectivity index (χ2n) is 10.8. The molecule has 0 saturated heterocycles. The molecule has 0 spiro atoms. The van der Waals surface area contributed by atoms with E-state index in [9.17, 15) is 15.0 Å². The zero-order valence-corrected chi connectivity index (χ0v) is 25.6. The molecule has 0 saturated carbocycles. The maximum atomic E-state index is 12.2. The third kappa shape index (κ3) is 27.7. The van der Waals surface area contributed by atoms with E-state index < -0.39 is 12.1 Å². The summed E-state index contributed by atoms with van der Waals surface area (Å²) >= 11 is 0. The quantitative estimate of drug-likeness (QED) is 0.0677. The lowest BCUT2D eigenvalue weighted by Gasteiger charge is -2.19. The summed E-state index contributed by atoms with van der Waals surface area (Å²) in [5.74, 6) is -0.0969. The minimum Gasteiger partial charge on any atom is -0.394 e. The Morgan fingerprint density at radius 2 is 1.03 bits per heavy atom. The van der Waals surface area contributed by atoms with Crippen molar-refractivity contribution < 1.29 is 15.0 Å². The van der Waals surface area contributed by atoms with Gasteiger partial charge in [0.25, 0.3) is 0 Å². The molecule has 0 aromatic carbocycles. The Labute approximate surface area is 242 Å². The molecule has 0 fully saturated rings. The van der Waals surface area contributed by atoms with Crippen LogP contribution in [0.15, 0.2) is 48.6 Å². The minimum absolute atomic E-state index is 0.0969. The highest BCUT2D eigenvalue weighted by molar-refractivity contribution is 5.76. The average Bonchev–Trinajstić information content (AvgIpc) is 2.94. The predicted molar refractivity (Wildman–Crippen MR) is 170 cm³/mol. The van der Waals surface area contributed by atoms with Gasteiger partial charge in [0.05, 0.1) is 18.8 Å². The molecule has 4 heteroatoms. The van der Waals surface area contributed by atoms with Crippen LogP contribution in [0.1, 0.15) is 149 Å². The van der Waals surface area contributed by atoms with Gasteiger partial charge >= 0.3 is 0 Å². The molecule has 0 aromatic heterocycles. The van der Waals surface area contributed by atoms with Crippen LogP contribution in [0.25, 0.3) is 0 Å². The number of amides is 1. The molecular weight excluding hydrogens is 482 g/mol. The second-order valence-corrected chi connectivity index (χ2v) is 10.8. The van der Waals surface area contributed by atoms with Crippen molar-refractivity contribution in [3.8, 4) is 0 Å². The van der Waals surface area contributed by atoms with Crippen molar-refractivity contribution >= 4 is 5.91 Å². The van der Waals surface area contributed by atoms with Crippen LogP contribution in [0.4, 0.5) is 0 Å². The zero-order chi connectivity index (χ0) is 28.7. The first-order chi connectivity index (χ1) is 19.2. The van der Waals surface area contributed by atoms with Gasteiger partial charge in [-0.05, 0) is 64.2 Å². The number of nitrogens with one attached hydrogen (secondary N) is 1. The van der Waals surface area contributed by atoms with Crippen LogP contribution in [0, 0.1) is 0 Å². The Morgan fingerprint density at radius 1 is 0.590 bits per heavy atom. The molecular formula is C35H63NO3. The van der Waals surface area contributed by atoms with Crippen LogP contribution in [0.5, 0.6) is 0 Å². The Balaban J connectivity index is 3.78. The number of rotatable bonds is 28. The maximum Gasteiger partial charge on any atom is 0.220 e. The topological polar surface area (TPSA) is 69.6 Å². The molecule has 1 amide bonds. The van der Waals surface area contributed by atoms with E-state index >= 15 is 0 Å². The number of aliphatic hydroxyl groups is 2. The fourth-order valence-corrected chi connectivity index (χ4v) is 4.42. The summed E-state index contributed by atoms with van der Waals surface area (Å²) in [5.41, 5.74) is 0. The summed E-state index contributed by atoms with van der Waals surface area (Å²) in [5, 5.41) is 22.7. The van der Waals surface area contributed by atoms with Gasteiger partial charge in [-0.1, -0.05) is 127 Å². The molecule has 3 N–H and O–H groups in total. The Kier molecular flexibility index (Phi) is 29.6. The van der Waals surface area contributed by atoms with E-state index in [1.807, 2.05) is 6.08 Å². The predicted octanol–water partition coefficient (Wildman–Crippen LogP) is 9.28. The fourth-order valence-electron chi connectivity index (χ4n) is 4.42. The molecule has 226 valence electrons. The number of carbonyl (C=O) groups excluding carboxylic acids is 1. The molecule has 2 unspecified atom stereocenters. The highest BCUT2D eigenvalue weighted by Crippen LogP contribution is 2.10. The molecule has 0 aliphatic heterocycles. The van der Waals surface area contributed by atoms with Crippen LogP contribution in [0.3, 0.4) is 0 Å². The van der Waals surface area contributed by atoms with Gasteiger partial charge in [-0.2, -0.15) is 0 Å². The molecule has 39 heavy (non-hydrogen) atoms. The summed E-state index contributed by atoms with van der Waals surface area (Å²) < 4.78 is 0. The standard InChI is InChI=1S/C35H63NO3/c1-3-5-7-9-11-13-15-16-17-18-19-20-21-22-24-26-28-30-34(38)33(32-37)36-35(39)31-29-27-25-23-14-12-10-8-6-4-2/h10,12,17-18,21-22,28,30,33-34,37-38H,3-9,11,13-16,19-20,23-27,29,31-32H2,1-2H3,(H,36,39)/b12-10-,18-17+,22-21+,30-28+. The van der Waals surface area contributed by atoms with E-state index in [-0.39, 0.29) is 12.5 Å². The van der Waals surface area contributed by atoms with Crippen molar-refractivity contribution in [2.45, 2.75) is 161 Å².